The Balaban J connectivity index is 2.12. The molecule has 0 atom stereocenters. The first kappa shape index (κ1) is 12.9. The zero-order chi connectivity index (χ0) is 13.8. The second-order valence-corrected chi connectivity index (χ2v) is 4.26. The van der Waals surface area contributed by atoms with Gasteiger partial charge in [0.2, 0.25) is 0 Å². The van der Waals surface area contributed by atoms with Gasteiger partial charge >= 0.3 is 0 Å². The van der Waals surface area contributed by atoms with Crippen LogP contribution in [0.1, 0.15) is 15.9 Å². The Morgan fingerprint density at radius 2 is 2.26 bits per heavy atom. The Labute approximate surface area is 111 Å². The molecule has 6 nitrogen and oxygen atoms in total. The molecule has 0 spiro atoms. The van der Waals surface area contributed by atoms with Gasteiger partial charge < -0.3 is 16.4 Å². The molecule has 1 heterocycles. The number of nitrogens with one attached hydrogen (secondary N) is 2. The van der Waals surface area contributed by atoms with Crippen LogP contribution in [0.5, 0.6) is 0 Å². The first-order valence-electron chi connectivity index (χ1n) is 5.93. The highest BCUT2D eigenvalue weighted by Crippen LogP contribution is 2.20. The summed E-state index contributed by atoms with van der Waals surface area (Å²) in [6.07, 6.45) is 3.71. The van der Waals surface area contributed by atoms with Crippen LogP contribution in [0.15, 0.2) is 30.6 Å². The third-order valence-electron chi connectivity index (χ3n) is 2.78. The normalized spacial score (nSPS) is 10.2. The summed E-state index contributed by atoms with van der Waals surface area (Å²) in [5, 5.41) is 9.88. The van der Waals surface area contributed by atoms with E-state index in [9.17, 15) is 4.79 Å². The third kappa shape index (κ3) is 3.04. The molecule has 100 valence electrons. The van der Waals surface area contributed by atoms with E-state index < -0.39 is 0 Å². The molecule has 6 heteroatoms. The molecule has 2 aromatic rings. The quantitative estimate of drug-likeness (QED) is 0.714. The van der Waals surface area contributed by atoms with Crippen LogP contribution in [0, 0.1) is 0 Å². The minimum atomic E-state index is -0.135. The van der Waals surface area contributed by atoms with Gasteiger partial charge in [0.05, 0.1) is 17.6 Å². The van der Waals surface area contributed by atoms with Crippen molar-refractivity contribution in [2.75, 3.05) is 18.1 Å². The first-order valence-corrected chi connectivity index (χ1v) is 5.93. The summed E-state index contributed by atoms with van der Waals surface area (Å²) < 4.78 is 1.74. The SMILES string of the molecule is CNC(=O)c1ccc(N)c(NCc2cnn(C)c2)c1. The molecular weight excluding hydrogens is 242 g/mol. The second kappa shape index (κ2) is 5.43. The largest absolute Gasteiger partial charge is 0.397 e. The predicted octanol–water partition coefficient (Wildman–Crippen LogP) is 0.974. The van der Waals surface area contributed by atoms with Crippen LogP contribution >= 0.6 is 0 Å². The summed E-state index contributed by atoms with van der Waals surface area (Å²) in [5.74, 6) is -0.135. The molecular formula is C13H17N5O. The van der Waals surface area contributed by atoms with Gasteiger partial charge in [-0.05, 0) is 18.2 Å². The van der Waals surface area contributed by atoms with Gasteiger partial charge in [-0.25, -0.2) is 0 Å². The lowest BCUT2D eigenvalue weighted by molar-refractivity contribution is 0.0963. The summed E-state index contributed by atoms with van der Waals surface area (Å²) in [4.78, 5) is 11.6. The number of nitrogen functional groups attached to an aromatic ring is 1. The van der Waals surface area contributed by atoms with E-state index in [1.165, 1.54) is 0 Å². The predicted molar refractivity (Wildman–Crippen MR) is 74.8 cm³/mol. The standard InChI is InChI=1S/C13H17N5O/c1-15-13(19)10-3-4-11(14)12(5-10)16-6-9-7-17-18(2)8-9/h3-5,7-8,16H,6,14H2,1-2H3,(H,15,19). The van der Waals surface area contributed by atoms with Gasteiger partial charge in [0.25, 0.3) is 5.91 Å². The number of hydrogen-bond acceptors (Lipinski definition) is 4. The molecule has 0 aliphatic rings. The van der Waals surface area contributed by atoms with E-state index in [-0.39, 0.29) is 5.91 Å². The second-order valence-electron chi connectivity index (χ2n) is 4.26. The van der Waals surface area contributed by atoms with Crippen molar-refractivity contribution >= 4 is 17.3 Å². The van der Waals surface area contributed by atoms with Gasteiger partial charge in [-0.15, -0.1) is 0 Å². The van der Waals surface area contributed by atoms with Gasteiger partial charge in [0.15, 0.2) is 0 Å². The van der Waals surface area contributed by atoms with Crippen LogP contribution in [0.4, 0.5) is 11.4 Å². The average molecular weight is 259 g/mol. The maximum Gasteiger partial charge on any atom is 0.251 e. The zero-order valence-corrected chi connectivity index (χ0v) is 11.0. The van der Waals surface area contributed by atoms with Gasteiger partial charge in [-0.3, -0.25) is 9.48 Å². The molecule has 1 aromatic heterocycles. The highest BCUT2D eigenvalue weighted by Gasteiger charge is 2.07. The number of nitrogens with two attached hydrogens (primary N) is 1. The lowest BCUT2D eigenvalue weighted by atomic mass is 10.1. The number of aromatic nitrogens is 2. The Morgan fingerprint density at radius 3 is 2.89 bits per heavy atom. The van der Waals surface area contributed by atoms with Crippen LogP contribution in [-0.4, -0.2) is 22.7 Å². The van der Waals surface area contributed by atoms with Crippen molar-refractivity contribution in [1.82, 2.24) is 15.1 Å². The number of amides is 1. The molecule has 0 saturated heterocycles. The molecule has 1 amide bonds. The zero-order valence-electron chi connectivity index (χ0n) is 11.0. The number of carbonyl (C=O) groups is 1. The van der Waals surface area contributed by atoms with Crippen molar-refractivity contribution in [2.24, 2.45) is 7.05 Å². The average Bonchev–Trinajstić information content (AvgIpc) is 2.82. The topological polar surface area (TPSA) is 85.0 Å². The van der Waals surface area contributed by atoms with E-state index in [1.54, 1.807) is 36.1 Å². The van der Waals surface area contributed by atoms with Gasteiger partial charge in [0, 0.05) is 38.0 Å². The summed E-state index contributed by atoms with van der Waals surface area (Å²) in [5.41, 5.74) is 8.86. The summed E-state index contributed by atoms with van der Waals surface area (Å²) in [6.45, 7) is 0.606. The maximum atomic E-state index is 11.6. The van der Waals surface area contributed by atoms with Crippen molar-refractivity contribution in [1.29, 1.82) is 0 Å². The van der Waals surface area contributed by atoms with E-state index in [0.717, 1.165) is 11.3 Å². The lowest BCUT2D eigenvalue weighted by Crippen LogP contribution is -2.18. The number of nitrogens with zero attached hydrogens (tertiary/aromatic N) is 2. The molecule has 2 rings (SSSR count). The number of rotatable bonds is 4. The highest BCUT2D eigenvalue weighted by molar-refractivity contribution is 5.96. The summed E-state index contributed by atoms with van der Waals surface area (Å²) in [6, 6.07) is 5.16. The monoisotopic (exact) mass is 259 g/mol. The van der Waals surface area contributed by atoms with Crippen LogP contribution in [0.25, 0.3) is 0 Å². The number of hydrogen-bond donors (Lipinski definition) is 3. The fourth-order valence-electron chi connectivity index (χ4n) is 1.76. The van der Waals surface area contributed by atoms with Crippen molar-refractivity contribution < 1.29 is 4.79 Å². The molecule has 19 heavy (non-hydrogen) atoms. The molecule has 0 saturated carbocycles. The highest BCUT2D eigenvalue weighted by atomic mass is 16.1. The molecule has 0 fully saturated rings. The van der Waals surface area contributed by atoms with E-state index in [2.05, 4.69) is 15.7 Å². The third-order valence-corrected chi connectivity index (χ3v) is 2.78. The lowest BCUT2D eigenvalue weighted by Gasteiger charge is -2.10. The van der Waals surface area contributed by atoms with Crippen molar-refractivity contribution in [3.8, 4) is 0 Å². The fourth-order valence-corrected chi connectivity index (χ4v) is 1.76. The Kier molecular flexibility index (Phi) is 3.70. The van der Waals surface area contributed by atoms with E-state index in [4.69, 9.17) is 5.73 Å². The van der Waals surface area contributed by atoms with Gasteiger partial charge in [-0.1, -0.05) is 0 Å². The minimum absolute atomic E-state index is 0.135. The number of aryl methyl sites for hydroxylation is 1. The molecule has 4 N–H and O–H groups in total. The fraction of sp³-hybridized carbons (Fsp3) is 0.231. The Hall–Kier alpha value is -2.50. The van der Waals surface area contributed by atoms with Crippen LogP contribution in [0.2, 0.25) is 0 Å². The van der Waals surface area contributed by atoms with E-state index in [0.29, 0.717) is 17.8 Å². The summed E-state index contributed by atoms with van der Waals surface area (Å²) >= 11 is 0. The molecule has 0 radical (unpaired) electrons. The van der Waals surface area contributed by atoms with Crippen molar-refractivity contribution in [3.63, 3.8) is 0 Å². The van der Waals surface area contributed by atoms with Gasteiger partial charge in [-0.2, -0.15) is 5.10 Å². The molecule has 0 bridgehead atoms. The molecule has 0 aliphatic carbocycles. The smallest absolute Gasteiger partial charge is 0.251 e. The van der Waals surface area contributed by atoms with Crippen molar-refractivity contribution in [2.45, 2.75) is 6.54 Å². The number of benzene rings is 1. The first-order chi connectivity index (χ1) is 9.10. The minimum Gasteiger partial charge on any atom is -0.397 e. The van der Waals surface area contributed by atoms with Gasteiger partial charge in [0.1, 0.15) is 0 Å². The van der Waals surface area contributed by atoms with Crippen LogP contribution in [0.3, 0.4) is 0 Å². The molecule has 1 aromatic carbocycles. The van der Waals surface area contributed by atoms with Crippen molar-refractivity contribution in [3.05, 3.63) is 41.7 Å². The van der Waals surface area contributed by atoms with Crippen LogP contribution < -0.4 is 16.4 Å². The van der Waals surface area contributed by atoms with E-state index >= 15 is 0 Å². The number of carbonyl (C=O) groups excluding carboxylic acids is 1. The Bertz CT molecular complexity index is 590. The Morgan fingerprint density at radius 1 is 1.47 bits per heavy atom. The number of anilines is 2. The molecule has 0 aliphatic heterocycles. The molecule has 0 unspecified atom stereocenters. The summed E-state index contributed by atoms with van der Waals surface area (Å²) in [7, 11) is 3.46. The van der Waals surface area contributed by atoms with E-state index in [1.807, 2.05) is 13.2 Å². The maximum absolute atomic E-state index is 11.6. The van der Waals surface area contributed by atoms with Crippen LogP contribution in [-0.2, 0) is 13.6 Å².